The molecule has 1 aliphatic carbocycles. The first-order chi connectivity index (χ1) is 8.28. The Balaban J connectivity index is 2.03. The van der Waals surface area contributed by atoms with Crippen molar-refractivity contribution in [2.75, 3.05) is 0 Å². The molecule has 0 amide bonds. The minimum absolute atomic E-state index is 0.345. The average molecular weight is 234 g/mol. The second kappa shape index (κ2) is 6.01. The van der Waals surface area contributed by atoms with E-state index < -0.39 is 0 Å². The van der Waals surface area contributed by atoms with Crippen LogP contribution in [0.5, 0.6) is 5.88 Å². The van der Waals surface area contributed by atoms with Crippen molar-refractivity contribution in [2.24, 2.45) is 5.73 Å². The van der Waals surface area contributed by atoms with Gasteiger partial charge >= 0.3 is 0 Å². The van der Waals surface area contributed by atoms with E-state index in [0.29, 0.717) is 12.6 Å². The number of aromatic nitrogens is 1. The van der Waals surface area contributed by atoms with Gasteiger partial charge in [0.25, 0.3) is 0 Å². The van der Waals surface area contributed by atoms with E-state index in [1.54, 1.807) is 0 Å². The molecule has 94 valence electrons. The molecule has 1 fully saturated rings. The Bertz CT molecular complexity index is 357. The minimum Gasteiger partial charge on any atom is -0.474 e. The summed E-state index contributed by atoms with van der Waals surface area (Å²) in [4.78, 5) is 4.43. The van der Waals surface area contributed by atoms with Crippen LogP contribution in [-0.2, 0) is 6.54 Å². The van der Waals surface area contributed by atoms with Crippen LogP contribution in [0.15, 0.2) is 12.1 Å². The third-order valence-corrected chi connectivity index (χ3v) is 3.32. The van der Waals surface area contributed by atoms with Gasteiger partial charge in [-0.3, -0.25) is 0 Å². The highest BCUT2D eigenvalue weighted by molar-refractivity contribution is 5.24. The number of aryl methyl sites for hydroxylation is 1. The van der Waals surface area contributed by atoms with Crippen LogP contribution in [0.3, 0.4) is 0 Å². The summed E-state index contributed by atoms with van der Waals surface area (Å²) in [5, 5.41) is 0. The smallest absolute Gasteiger partial charge is 0.214 e. The fourth-order valence-corrected chi connectivity index (χ4v) is 2.42. The van der Waals surface area contributed by atoms with Crippen LogP contribution in [0.4, 0.5) is 0 Å². The first kappa shape index (κ1) is 12.4. The molecule has 0 atom stereocenters. The largest absolute Gasteiger partial charge is 0.474 e. The van der Waals surface area contributed by atoms with E-state index in [1.165, 1.54) is 25.7 Å². The van der Waals surface area contributed by atoms with Crippen molar-refractivity contribution in [1.82, 2.24) is 4.98 Å². The van der Waals surface area contributed by atoms with Crippen molar-refractivity contribution in [3.05, 3.63) is 23.4 Å². The van der Waals surface area contributed by atoms with Crippen molar-refractivity contribution >= 4 is 0 Å². The lowest BCUT2D eigenvalue weighted by molar-refractivity contribution is 0.176. The van der Waals surface area contributed by atoms with Crippen molar-refractivity contribution in [1.29, 1.82) is 0 Å². The number of hydrogen-bond acceptors (Lipinski definition) is 3. The number of hydrogen-bond donors (Lipinski definition) is 1. The van der Waals surface area contributed by atoms with Crippen LogP contribution in [0.25, 0.3) is 0 Å². The molecule has 1 aromatic heterocycles. The Labute approximate surface area is 103 Å². The fraction of sp³-hybridized carbons (Fsp3) is 0.643. The molecule has 1 heterocycles. The van der Waals surface area contributed by atoms with E-state index in [4.69, 9.17) is 10.5 Å². The van der Waals surface area contributed by atoms with E-state index in [2.05, 4.69) is 4.98 Å². The summed E-state index contributed by atoms with van der Waals surface area (Å²) in [5.41, 5.74) is 7.74. The van der Waals surface area contributed by atoms with Crippen LogP contribution >= 0.6 is 0 Å². The number of nitrogens with zero attached hydrogens (tertiary/aromatic N) is 1. The van der Waals surface area contributed by atoms with Gasteiger partial charge in [-0.05, 0) is 44.2 Å². The molecular weight excluding hydrogens is 212 g/mol. The van der Waals surface area contributed by atoms with Gasteiger partial charge in [-0.1, -0.05) is 12.8 Å². The monoisotopic (exact) mass is 234 g/mol. The Kier molecular flexibility index (Phi) is 4.37. The van der Waals surface area contributed by atoms with Gasteiger partial charge in [-0.2, -0.15) is 0 Å². The molecule has 0 aromatic carbocycles. The van der Waals surface area contributed by atoms with Crippen molar-refractivity contribution < 1.29 is 4.74 Å². The molecule has 17 heavy (non-hydrogen) atoms. The molecule has 0 bridgehead atoms. The van der Waals surface area contributed by atoms with Crippen molar-refractivity contribution in [2.45, 2.75) is 58.1 Å². The molecule has 0 radical (unpaired) electrons. The van der Waals surface area contributed by atoms with E-state index in [0.717, 1.165) is 30.0 Å². The minimum atomic E-state index is 0.345. The van der Waals surface area contributed by atoms with E-state index >= 15 is 0 Å². The Morgan fingerprint density at radius 2 is 1.94 bits per heavy atom. The molecule has 0 saturated heterocycles. The molecule has 0 spiro atoms. The zero-order valence-corrected chi connectivity index (χ0v) is 10.6. The standard InChI is InChI=1S/C14H22N2O/c1-11-8-12(10-15)9-14(16-11)17-13-6-4-2-3-5-7-13/h8-9,13H,2-7,10,15H2,1H3. The van der Waals surface area contributed by atoms with Crippen LogP contribution in [0.2, 0.25) is 0 Å². The normalized spacial score (nSPS) is 17.8. The van der Waals surface area contributed by atoms with E-state index in [-0.39, 0.29) is 0 Å². The average Bonchev–Trinajstić information content (AvgIpc) is 2.57. The predicted molar refractivity (Wildman–Crippen MR) is 69.0 cm³/mol. The van der Waals surface area contributed by atoms with Crippen LogP contribution in [0.1, 0.15) is 49.8 Å². The molecule has 0 aliphatic heterocycles. The molecule has 1 saturated carbocycles. The highest BCUT2D eigenvalue weighted by Gasteiger charge is 2.14. The summed E-state index contributed by atoms with van der Waals surface area (Å²) in [6.07, 6.45) is 7.91. The Morgan fingerprint density at radius 3 is 2.59 bits per heavy atom. The van der Waals surface area contributed by atoms with Gasteiger partial charge < -0.3 is 10.5 Å². The highest BCUT2D eigenvalue weighted by atomic mass is 16.5. The van der Waals surface area contributed by atoms with Gasteiger partial charge in [-0.15, -0.1) is 0 Å². The molecule has 2 rings (SSSR count). The molecular formula is C14H22N2O. The topological polar surface area (TPSA) is 48.1 Å². The number of nitrogens with two attached hydrogens (primary N) is 1. The van der Waals surface area contributed by atoms with Gasteiger partial charge in [0.2, 0.25) is 5.88 Å². The lowest BCUT2D eigenvalue weighted by Crippen LogP contribution is -2.16. The number of rotatable bonds is 3. The third kappa shape index (κ3) is 3.70. The van der Waals surface area contributed by atoms with Crippen molar-refractivity contribution in [3.8, 4) is 5.88 Å². The molecule has 2 N–H and O–H groups in total. The predicted octanol–water partition coefficient (Wildman–Crippen LogP) is 2.95. The number of pyridine rings is 1. The maximum absolute atomic E-state index is 5.99. The lowest BCUT2D eigenvalue weighted by atomic mass is 10.1. The van der Waals surface area contributed by atoms with Crippen LogP contribution < -0.4 is 10.5 Å². The zero-order valence-electron chi connectivity index (χ0n) is 10.6. The van der Waals surface area contributed by atoms with E-state index in [1.807, 2.05) is 19.1 Å². The summed E-state index contributed by atoms with van der Waals surface area (Å²) < 4.78 is 5.99. The van der Waals surface area contributed by atoms with Gasteiger partial charge in [0.05, 0.1) is 0 Å². The van der Waals surface area contributed by atoms with E-state index in [9.17, 15) is 0 Å². The molecule has 3 nitrogen and oxygen atoms in total. The first-order valence-corrected chi connectivity index (χ1v) is 6.62. The van der Waals surface area contributed by atoms with Gasteiger partial charge in [0.15, 0.2) is 0 Å². The zero-order chi connectivity index (χ0) is 12.1. The summed E-state index contributed by atoms with van der Waals surface area (Å²) in [5.74, 6) is 0.748. The molecule has 3 heteroatoms. The SMILES string of the molecule is Cc1cc(CN)cc(OC2CCCCCC2)n1. The molecule has 1 aliphatic rings. The Morgan fingerprint density at radius 1 is 1.24 bits per heavy atom. The molecule has 1 aromatic rings. The second-order valence-corrected chi connectivity index (χ2v) is 4.89. The quantitative estimate of drug-likeness (QED) is 0.818. The lowest BCUT2D eigenvalue weighted by Gasteiger charge is -2.16. The highest BCUT2D eigenvalue weighted by Crippen LogP contribution is 2.22. The summed E-state index contributed by atoms with van der Waals surface area (Å²) in [6, 6.07) is 3.98. The number of ether oxygens (including phenoxy) is 1. The maximum Gasteiger partial charge on any atom is 0.214 e. The first-order valence-electron chi connectivity index (χ1n) is 6.62. The third-order valence-electron chi connectivity index (χ3n) is 3.32. The van der Waals surface area contributed by atoms with Gasteiger partial charge in [-0.25, -0.2) is 4.98 Å². The summed E-state index contributed by atoms with van der Waals surface area (Å²) in [7, 11) is 0. The van der Waals surface area contributed by atoms with Crippen LogP contribution in [-0.4, -0.2) is 11.1 Å². The second-order valence-electron chi connectivity index (χ2n) is 4.89. The maximum atomic E-state index is 5.99. The molecule has 0 unspecified atom stereocenters. The van der Waals surface area contributed by atoms with Gasteiger partial charge in [0.1, 0.15) is 6.10 Å². The fourth-order valence-electron chi connectivity index (χ4n) is 2.42. The van der Waals surface area contributed by atoms with Crippen molar-refractivity contribution in [3.63, 3.8) is 0 Å². The summed E-state index contributed by atoms with van der Waals surface area (Å²) >= 11 is 0. The van der Waals surface area contributed by atoms with Crippen LogP contribution in [0, 0.1) is 6.92 Å². The Hall–Kier alpha value is -1.09. The van der Waals surface area contributed by atoms with Gasteiger partial charge in [0, 0.05) is 18.3 Å². The summed E-state index contributed by atoms with van der Waals surface area (Å²) in [6.45, 7) is 2.53.